The Morgan fingerprint density at radius 1 is 1.46 bits per heavy atom. The first kappa shape index (κ1) is 16.4. The highest BCUT2D eigenvalue weighted by Gasteiger charge is 2.38. The Balaban J connectivity index is 1.64. The molecular weight excluding hydrogens is 313 g/mol. The fourth-order valence-electron chi connectivity index (χ4n) is 2.97. The fourth-order valence-corrected chi connectivity index (χ4v) is 2.97. The van der Waals surface area contributed by atoms with Crippen LogP contribution in [0.15, 0.2) is 30.9 Å². The SMILES string of the molecule is CN(CC1(O)CCN(c2ccc(F)cn2)C1)C(=O)c1cn(C)cn1. The van der Waals surface area contributed by atoms with E-state index in [1.54, 1.807) is 37.3 Å². The second kappa shape index (κ2) is 6.20. The highest BCUT2D eigenvalue weighted by atomic mass is 19.1. The van der Waals surface area contributed by atoms with Gasteiger partial charge in [-0.05, 0) is 18.6 Å². The second-order valence-corrected chi connectivity index (χ2v) is 6.32. The van der Waals surface area contributed by atoms with Crippen molar-refractivity contribution in [3.63, 3.8) is 0 Å². The fraction of sp³-hybridized carbons (Fsp3) is 0.438. The number of carbonyl (C=O) groups excluding carboxylic acids is 1. The third-order valence-corrected chi connectivity index (χ3v) is 4.17. The van der Waals surface area contributed by atoms with E-state index < -0.39 is 11.4 Å². The number of rotatable bonds is 4. The van der Waals surface area contributed by atoms with E-state index in [9.17, 15) is 14.3 Å². The smallest absolute Gasteiger partial charge is 0.273 e. The number of anilines is 1. The molecule has 0 aromatic carbocycles. The lowest BCUT2D eigenvalue weighted by atomic mass is 10.0. The minimum absolute atomic E-state index is 0.195. The molecule has 0 saturated carbocycles. The number of aliphatic hydroxyl groups is 1. The molecule has 1 atom stereocenters. The lowest BCUT2D eigenvalue weighted by Crippen LogP contribution is -2.46. The van der Waals surface area contributed by atoms with Crippen molar-refractivity contribution in [1.29, 1.82) is 0 Å². The lowest BCUT2D eigenvalue weighted by molar-refractivity contribution is 0.0262. The number of imidazole rings is 1. The van der Waals surface area contributed by atoms with Crippen LogP contribution in [-0.2, 0) is 7.05 Å². The van der Waals surface area contributed by atoms with E-state index >= 15 is 0 Å². The molecule has 1 amide bonds. The van der Waals surface area contributed by atoms with E-state index in [0.717, 1.165) is 6.20 Å². The Kier molecular flexibility index (Phi) is 4.23. The van der Waals surface area contributed by atoms with E-state index in [1.807, 2.05) is 4.90 Å². The summed E-state index contributed by atoms with van der Waals surface area (Å²) in [6.45, 7) is 1.13. The molecule has 128 valence electrons. The van der Waals surface area contributed by atoms with E-state index in [-0.39, 0.29) is 12.5 Å². The van der Waals surface area contributed by atoms with Gasteiger partial charge in [-0.15, -0.1) is 0 Å². The largest absolute Gasteiger partial charge is 0.386 e. The molecule has 0 radical (unpaired) electrons. The summed E-state index contributed by atoms with van der Waals surface area (Å²) in [5.41, 5.74) is -0.687. The first-order chi connectivity index (χ1) is 11.4. The Hall–Kier alpha value is -2.48. The number of aryl methyl sites for hydroxylation is 1. The summed E-state index contributed by atoms with van der Waals surface area (Å²) < 4.78 is 14.7. The van der Waals surface area contributed by atoms with Crippen LogP contribution in [0.2, 0.25) is 0 Å². The number of likely N-dealkylation sites (N-methyl/N-ethyl adjacent to an activating group) is 1. The van der Waals surface area contributed by atoms with Crippen LogP contribution in [0.5, 0.6) is 0 Å². The summed E-state index contributed by atoms with van der Waals surface area (Å²) in [5.74, 6) is -0.0117. The summed E-state index contributed by atoms with van der Waals surface area (Å²) in [4.78, 5) is 23.8. The number of β-amino-alcohol motifs (C(OH)–C–C–N with tert-alkyl or cyclic N) is 1. The molecule has 1 saturated heterocycles. The van der Waals surface area contributed by atoms with Crippen LogP contribution in [0.4, 0.5) is 10.2 Å². The number of pyridine rings is 1. The topological polar surface area (TPSA) is 74.5 Å². The van der Waals surface area contributed by atoms with E-state index in [0.29, 0.717) is 31.0 Å². The third-order valence-electron chi connectivity index (χ3n) is 4.17. The van der Waals surface area contributed by atoms with Gasteiger partial charge in [-0.3, -0.25) is 4.79 Å². The van der Waals surface area contributed by atoms with Crippen molar-refractivity contribution >= 4 is 11.7 Å². The van der Waals surface area contributed by atoms with Crippen LogP contribution < -0.4 is 4.90 Å². The molecule has 2 aromatic rings. The average Bonchev–Trinajstić information content (AvgIpc) is 3.14. The van der Waals surface area contributed by atoms with Gasteiger partial charge in [0.25, 0.3) is 5.91 Å². The maximum Gasteiger partial charge on any atom is 0.273 e. The Morgan fingerprint density at radius 2 is 2.25 bits per heavy atom. The number of amides is 1. The van der Waals surface area contributed by atoms with Crippen molar-refractivity contribution in [1.82, 2.24) is 19.4 Å². The molecule has 0 bridgehead atoms. The van der Waals surface area contributed by atoms with Crippen LogP contribution in [0.1, 0.15) is 16.9 Å². The highest BCUT2D eigenvalue weighted by Crippen LogP contribution is 2.26. The standard InChI is InChI=1S/C16H20FN5O2/c1-20-8-13(19-11-20)15(23)21(2)9-16(24)5-6-22(10-16)14-4-3-12(17)7-18-14/h3-4,7-8,11,24H,5-6,9-10H2,1-2H3. The molecule has 24 heavy (non-hydrogen) atoms. The first-order valence-corrected chi connectivity index (χ1v) is 7.69. The zero-order valence-corrected chi connectivity index (χ0v) is 13.7. The van der Waals surface area contributed by atoms with Gasteiger partial charge in [-0.25, -0.2) is 14.4 Å². The van der Waals surface area contributed by atoms with Crippen molar-refractivity contribution in [2.45, 2.75) is 12.0 Å². The quantitative estimate of drug-likeness (QED) is 0.890. The molecule has 1 aliphatic heterocycles. The summed E-state index contributed by atoms with van der Waals surface area (Å²) in [6.07, 6.45) is 4.87. The number of aromatic nitrogens is 3. The Morgan fingerprint density at radius 3 is 2.88 bits per heavy atom. The number of hydrogen-bond acceptors (Lipinski definition) is 5. The van der Waals surface area contributed by atoms with Gasteiger partial charge >= 0.3 is 0 Å². The normalized spacial score (nSPS) is 20.4. The zero-order valence-electron chi connectivity index (χ0n) is 13.7. The van der Waals surface area contributed by atoms with E-state index in [2.05, 4.69) is 9.97 Å². The predicted molar refractivity (Wildman–Crippen MR) is 86.1 cm³/mol. The molecule has 2 aromatic heterocycles. The van der Waals surface area contributed by atoms with Crippen LogP contribution >= 0.6 is 0 Å². The molecular formula is C16H20FN5O2. The molecule has 0 spiro atoms. The summed E-state index contributed by atoms with van der Waals surface area (Å²) in [5, 5.41) is 10.8. The Labute approximate surface area is 139 Å². The van der Waals surface area contributed by atoms with Gasteiger partial charge in [0.2, 0.25) is 0 Å². The van der Waals surface area contributed by atoms with Crippen LogP contribution in [-0.4, -0.2) is 62.7 Å². The number of hydrogen-bond donors (Lipinski definition) is 1. The van der Waals surface area contributed by atoms with Gasteiger partial charge in [0, 0.05) is 33.4 Å². The van der Waals surface area contributed by atoms with Crippen molar-refractivity contribution < 1.29 is 14.3 Å². The maximum atomic E-state index is 13.0. The molecule has 0 aliphatic carbocycles. The zero-order chi connectivity index (χ0) is 17.3. The van der Waals surface area contributed by atoms with E-state index in [1.165, 1.54) is 11.0 Å². The van der Waals surface area contributed by atoms with Crippen LogP contribution in [0, 0.1) is 5.82 Å². The summed E-state index contributed by atoms with van der Waals surface area (Å²) in [6, 6.07) is 2.93. The summed E-state index contributed by atoms with van der Waals surface area (Å²) >= 11 is 0. The van der Waals surface area contributed by atoms with E-state index in [4.69, 9.17) is 0 Å². The van der Waals surface area contributed by atoms with Crippen molar-refractivity contribution in [3.05, 3.63) is 42.4 Å². The first-order valence-electron chi connectivity index (χ1n) is 7.69. The van der Waals surface area contributed by atoms with Crippen molar-refractivity contribution in [2.24, 2.45) is 7.05 Å². The molecule has 7 nitrogen and oxygen atoms in total. The van der Waals surface area contributed by atoms with Gasteiger partial charge < -0.3 is 19.5 Å². The van der Waals surface area contributed by atoms with Crippen LogP contribution in [0.3, 0.4) is 0 Å². The maximum absolute atomic E-state index is 13.0. The van der Waals surface area contributed by atoms with Crippen LogP contribution in [0.25, 0.3) is 0 Å². The second-order valence-electron chi connectivity index (χ2n) is 6.32. The van der Waals surface area contributed by atoms with Gasteiger partial charge in [0.1, 0.15) is 22.9 Å². The minimum atomic E-state index is -1.03. The predicted octanol–water partition coefficient (Wildman–Crippen LogP) is 0.668. The molecule has 1 aliphatic rings. The monoisotopic (exact) mass is 333 g/mol. The number of halogens is 1. The molecule has 1 unspecified atom stereocenters. The Bertz CT molecular complexity index is 732. The number of nitrogens with zero attached hydrogens (tertiary/aromatic N) is 5. The third kappa shape index (κ3) is 3.38. The molecule has 1 N–H and O–H groups in total. The summed E-state index contributed by atoms with van der Waals surface area (Å²) in [7, 11) is 3.44. The number of carbonyl (C=O) groups is 1. The molecule has 3 heterocycles. The van der Waals surface area contributed by atoms with Gasteiger partial charge in [-0.1, -0.05) is 0 Å². The van der Waals surface area contributed by atoms with Gasteiger partial charge in [0.05, 0.1) is 19.1 Å². The molecule has 8 heteroatoms. The minimum Gasteiger partial charge on any atom is -0.386 e. The molecule has 3 rings (SSSR count). The van der Waals surface area contributed by atoms with Crippen molar-refractivity contribution in [3.8, 4) is 0 Å². The van der Waals surface area contributed by atoms with Crippen molar-refractivity contribution in [2.75, 3.05) is 31.6 Å². The van der Waals surface area contributed by atoms with Gasteiger partial charge in [-0.2, -0.15) is 0 Å². The molecule has 1 fully saturated rings. The lowest BCUT2D eigenvalue weighted by Gasteiger charge is -2.28. The average molecular weight is 333 g/mol. The highest BCUT2D eigenvalue weighted by molar-refractivity contribution is 5.91. The van der Waals surface area contributed by atoms with Gasteiger partial charge in [0.15, 0.2) is 0 Å².